The number of benzene rings is 1. The number of aryl methyl sites for hydroxylation is 1. The Labute approximate surface area is 106 Å². The third kappa shape index (κ3) is 3.93. The van der Waals surface area contributed by atoms with Crippen LogP contribution >= 0.6 is 0 Å². The highest BCUT2D eigenvalue weighted by atomic mass is 32.2. The lowest BCUT2D eigenvalue weighted by atomic mass is 10.1. The van der Waals surface area contributed by atoms with E-state index in [-0.39, 0.29) is 0 Å². The second-order valence-corrected chi connectivity index (χ2v) is 6.13. The molecular formula is C14H21NOS. The van der Waals surface area contributed by atoms with E-state index in [9.17, 15) is 4.21 Å². The Kier molecular flexibility index (Phi) is 4.75. The van der Waals surface area contributed by atoms with E-state index in [0.29, 0.717) is 6.04 Å². The van der Waals surface area contributed by atoms with Crippen LogP contribution < -0.4 is 4.72 Å². The molecule has 0 aromatic heterocycles. The highest BCUT2D eigenvalue weighted by Gasteiger charge is 2.14. The Bertz CT molecular complexity index is 366. The molecule has 1 aromatic rings. The van der Waals surface area contributed by atoms with E-state index in [4.69, 9.17) is 0 Å². The molecule has 0 aliphatic heterocycles. The summed E-state index contributed by atoms with van der Waals surface area (Å²) in [7, 11) is -1.05. The fraction of sp³-hybridized carbons (Fsp3) is 0.571. The Hall–Kier alpha value is -0.670. The predicted octanol–water partition coefficient (Wildman–Crippen LogP) is 3.33. The van der Waals surface area contributed by atoms with E-state index in [2.05, 4.69) is 4.72 Å². The van der Waals surface area contributed by atoms with Gasteiger partial charge in [0.15, 0.2) is 0 Å². The third-order valence-electron chi connectivity index (χ3n) is 3.36. The van der Waals surface area contributed by atoms with Crippen LogP contribution in [0.4, 0.5) is 0 Å². The van der Waals surface area contributed by atoms with Crippen molar-refractivity contribution in [2.45, 2.75) is 56.4 Å². The van der Waals surface area contributed by atoms with Gasteiger partial charge in [-0.3, -0.25) is 0 Å². The zero-order valence-electron chi connectivity index (χ0n) is 10.4. The molecule has 1 unspecified atom stereocenters. The summed E-state index contributed by atoms with van der Waals surface area (Å²) in [6.45, 7) is 2.05. The lowest BCUT2D eigenvalue weighted by Gasteiger charge is -2.15. The summed E-state index contributed by atoms with van der Waals surface area (Å²) in [5.74, 6) is 0. The van der Waals surface area contributed by atoms with Crippen LogP contribution in [0, 0.1) is 6.92 Å². The summed E-state index contributed by atoms with van der Waals surface area (Å²) in [6, 6.07) is 8.37. The van der Waals surface area contributed by atoms with Crippen molar-refractivity contribution in [2.75, 3.05) is 0 Å². The van der Waals surface area contributed by atoms with Gasteiger partial charge < -0.3 is 0 Å². The maximum atomic E-state index is 12.1. The fourth-order valence-electron chi connectivity index (χ4n) is 2.28. The largest absolute Gasteiger partial charge is 0.237 e. The SMILES string of the molecule is Cc1ccc(S(=O)NC2CCCCCC2)cc1. The Balaban J connectivity index is 1.93. The lowest BCUT2D eigenvalue weighted by molar-refractivity contribution is 0.537. The molecule has 1 N–H and O–H groups in total. The molecule has 0 saturated heterocycles. The molecule has 0 radical (unpaired) electrons. The van der Waals surface area contributed by atoms with Crippen molar-refractivity contribution in [3.05, 3.63) is 29.8 Å². The molecule has 2 rings (SSSR count). The van der Waals surface area contributed by atoms with Crippen molar-refractivity contribution >= 4 is 11.0 Å². The predicted molar refractivity (Wildman–Crippen MR) is 72.2 cm³/mol. The first-order valence-electron chi connectivity index (χ1n) is 6.50. The van der Waals surface area contributed by atoms with Crippen molar-refractivity contribution in [3.63, 3.8) is 0 Å². The molecule has 1 saturated carbocycles. The van der Waals surface area contributed by atoms with Crippen LogP contribution in [-0.2, 0) is 11.0 Å². The summed E-state index contributed by atoms with van der Waals surface area (Å²) in [5, 5.41) is 0. The van der Waals surface area contributed by atoms with Gasteiger partial charge in [0.25, 0.3) is 0 Å². The van der Waals surface area contributed by atoms with Crippen molar-refractivity contribution in [1.82, 2.24) is 4.72 Å². The van der Waals surface area contributed by atoms with Gasteiger partial charge in [0.2, 0.25) is 0 Å². The van der Waals surface area contributed by atoms with Gasteiger partial charge in [0, 0.05) is 6.04 Å². The molecule has 1 aliphatic rings. The van der Waals surface area contributed by atoms with Crippen LogP contribution in [0.15, 0.2) is 29.2 Å². The van der Waals surface area contributed by atoms with Crippen molar-refractivity contribution in [1.29, 1.82) is 0 Å². The van der Waals surface area contributed by atoms with Crippen molar-refractivity contribution < 1.29 is 4.21 Å². The van der Waals surface area contributed by atoms with Crippen molar-refractivity contribution in [3.8, 4) is 0 Å². The lowest BCUT2D eigenvalue weighted by Crippen LogP contribution is -2.30. The molecule has 1 aliphatic carbocycles. The van der Waals surface area contributed by atoms with Gasteiger partial charge in [-0.2, -0.15) is 0 Å². The molecule has 1 atom stereocenters. The molecule has 2 nitrogen and oxygen atoms in total. The highest BCUT2D eigenvalue weighted by molar-refractivity contribution is 7.83. The highest BCUT2D eigenvalue weighted by Crippen LogP contribution is 2.18. The third-order valence-corrected chi connectivity index (χ3v) is 4.61. The van der Waals surface area contributed by atoms with E-state index in [0.717, 1.165) is 17.7 Å². The minimum absolute atomic E-state index is 0.430. The quantitative estimate of drug-likeness (QED) is 0.820. The van der Waals surface area contributed by atoms with Gasteiger partial charge in [-0.15, -0.1) is 0 Å². The standard InChI is InChI=1S/C14H21NOS/c1-12-8-10-14(11-9-12)17(16)15-13-6-4-2-3-5-7-13/h8-11,13,15H,2-7H2,1H3. The second-order valence-electron chi connectivity index (χ2n) is 4.89. The minimum atomic E-state index is -1.05. The molecule has 94 valence electrons. The molecule has 0 heterocycles. The van der Waals surface area contributed by atoms with Crippen LogP contribution in [0.3, 0.4) is 0 Å². The van der Waals surface area contributed by atoms with E-state index in [1.54, 1.807) is 0 Å². The van der Waals surface area contributed by atoms with Crippen LogP contribution in [0.5, 0.6) is 0 Å². The zero-order chi connectivity index (χ0) is 12.1. The smallest absolute Gasteiger partial charge is 0.125 e. The minimum Gasteiger partial charge on any atom is -0.237 e. The first kappa shape index (κ1) is 12.8. The summed E-state index contributed by atoms with van der Waals surface area (Å²) in [4.78, 5) is 0.889. The normalized spacial score (nSPS) is 19.8. The summed E-state index contributed by atoms with van der Waals surface area (Å²) >= 11 is 0. The van der Waals surface area contributed by atoms with Gasteiger partial charge in [0.05, 0.1) is 4.90 Å². The van der Waals surface area contributed by atoms with Crippen LogP contribution in [0.1, 0.15) is 44.1 Å². The maximum absolute atomic E-state index is 12.1. The van der Waals surface area contributed by atoms with Crippen molar-refractivity contribution in [2.24, 2.45) is 0 Å². The van der Waals surface area contributed by atoms with Crippen LogP contribution in [0.2, 0.25) is 0 Å². The topological polar surface area (TPSA) is 29.1 Å². The number of rotatable bonds is 3. The average Bonchev–Trinajstić information content (AvgIpc) is 2.58. The molecule has 1 aromatic carbocycles. The van der Waals surface area contributed by atoms with E-state index >= 15 is 0 Å². The summed E-state index contributed by atoms with van der Waals surface area (Å²) in [5.41, 5.74) is 1.21. The van der Waals surface area contributed by atoms with Gasteiger partial charge in [-0.05, 0) is 31.9 Å². The van der Waals surface area contributed by atoms with Crippen LogP contribution in [0.25, 0.3) is 0 Å². The number of nitrogens with one attached hydrogen (secondary N) is 1. The number of hydrogen-bond acceptors (Lipinski definition) is 1. The van der Waals surface area contributed by atoms with Gasteiger partial charge in [-0.1, -0.05) is 43.4 Å². The molecule has 17 heavy (non-hydrogen) atoms. The number of hydrogen-bond donors (Lipinski definition) is 1. The van der Waals surface area contributed by atoms with Crippen LogP contribution in [-0.4, -0.2) is 10.3 Å². The fourth-order valence-corrected chi connectivity index (χ4v) is 3.34. The molecule has 0 amide bonds. The first-order chi connectivity index (χ1) is 8.25. The van der Waals surface area contributed by atoms with Gasteiger partial charge >= 0.3 is 0 Å². The Morgan fingerprint density at radius 1 is 1.06 bits per heavy atom. The summed E-state index contributed by atoms with van der Waals surface area (Å²) in [6.07, 6.45) is 7.52. The Morgan fingerprint density at radius 3 is 2.24 bits per heavy atom. The maximum Gasteiger partial charge on any atom is 0.125 e. The molecule has 1 fully saturated rings. The second kappa shape index (κ2) is 6.31. The summed E-state index contributed by atoms with van der Waals surface area (Å²) < 4.78 is 15.4. The molecule has 0 spiro atoms. The first-order valence-corrected chi connectivity index (χ1v) is 7.65. The van der Waals surface area contributed by atoms with E-state index in [1.165, 1.54) is 31.2 Å². The van der Waals surface area contributed by atoms with Gasteiger partial charge in [0.1, 0.15) is 11.0 Å². The van der Waals surface area contributed by atoms with E-state index < -0.39 is 11.0 Å². The Morgan fingerprint density at radius 2 is 1.65 bits per heavy atom. The molecule has 0 bridgehead atoms. The molecular weight excluding hydrogens is 230 g/mol. The average molecular weight is 251 g/mol. The molecule has 3 heteroatoms. The zero-order valence-corrected chi connectivity index (χ0v) is 11.3. The monoisotopic (exact) mass is 251 g/mol. The van der Waals surface area contributed by atoms with E-state index in [1.807, 2.05) is 31.2 Å². The van der Waals surface area contributed by atoms with Gasteiger partial charge in [-0.25, -0.2) is 8.93 Å².